The van der Waals surface area contributed by atoms with Crippen molar-refractivity contribution < 1.29 is 0 Å². The van der Waals surface area contributed by atoms with E-state index in [9.17, 15) is 0 Å². The molecule has 0 aliphatic heterocycles. The lowest BCUT2D eigenvalue weighted by Gasteiger charge is -2.13. The van der Waals surface area contributed by atoms with E-state index in [0.29, 0.717) is 13.1 Å². The van der Waals surface area contributed by atoms with Crippen LogP contribution >= 0.6 is 0 Å². The third-order valence-corrected chi connectivity index (χ3v) is 4.67. The van der Waals surface area contributed by atoms with Gasteiger partial charge in [-0.1, -0.05) is 48.0 Å². The standard InChI is InChI=1S/C22H27N5/c1-16-10-12-19(13-11-16)14-23-22(25-20-8-6-5-7-9-20)24-15-21-17(2)26-27(4)18(21)3/h5-13H,14-15H2,1-4H3,(H2,23,24,25). The number of hydrogen-bond donors (Lipinski definition) is 2. The number of aryl methyl sites for hydroxylation is 3. The van der Waals surface area contributed by atoms with E-state index in [2.05, 4.69) is 53.8 Å². The van der Waals surface area contributed by atoms with Gasteiger partial charge in [-0.05, 0) is 38.5 Å². The molecule has 2 aromatic carbocycles. The van der Waals surface area contributed by atoms with Gasteiger partial charge in [-0.3, -0.25) is 4.68 Å². The fraction of sp³-hybridized carbons (Fsp3) is 0.273. The molecule has 0 fully saturated rings. The van der Waals surface area contributed by atoms with Gasteiger partial charge in [0, 0.05) is 30.5 Å². The Morgan fingerprint density at radius 1 is 1.00 bits per heavy atom. The zero-order chi connectivity index (χ0) is 19.2. The molecule has 3 aromatic rings. The molecule has 5 nitrogen and oxygen atoms in total. The predicted octanol–water partition coefficient (Wildman–Crippen LogP) is 4.10. The summed E-state index contributed by atoms with van der Waals surface area (Å²) in [5.41, 5.74) is 6.86. The molecule has 5 heteroatoms. The monoisotopic (exact) mass is 361 g/mol. The number of aliphatic imine (C=N–C) groups is 1. The average Bonchev–Trinajstić information content (AvgIpc) is 2.91. The number of hydrogen-bond acceptors (Lipinski definition) is 2. The molecule has 1 heterocycles. The first-order chi connectivity index (χ1) is 13.0. The van der Waals surface area contributed by atoms with Crippen LogP contribution in [0.1, 0.15) is 28.1 Å². The summed E-state index contributed by atoms with van der Waals surface area (Å²) in [6, 6.07) is 18.6. The van der Waals surface area contributed by atoms with Crippen LogP contribution in [0.5, 0.6) is 0 Å². The summed E-state index contributed by atoms with van der Waals surface area (Å²) in [6.45, 7) is 7.52. The molecule has 3 rings (SSSR count). The number of nitrogens with zero attached hydrogens (tertiary/aromatic N) is 3. The van der Waals surface area contributed by atoms with Crippen LogP contribution in [-0.4, -0.2) is 15.7 Å². The fourth-order valence-electron chi connectivity index (χ4n) is 2.91. The Hall–Kier alpha value is -3.08. The van der Waals surface area contributed by atoms with Gasteiger partial charge in [0.05, 0.1) is 12.2 Å². The molecule has 0 bridgehead atoms. The molecule has 0 saturated carbocycles. The van der Waals surface area contributed by atoms with Gasteiger partial charge in [0.25, 0.3) is 0 Å². The lowest BCUT2D eigenvalue weighted by molar-refractivity contribution is 0.729. The summed E-state index contributed by atoms with van der Waals surface area (Å²) in [6.07, 6.45) is 0. The number of rotatable bonds is 5. The van der Waals surface area contributed by atoms with Gasteiger partial charge >= 0.3 is 0 Å². The maximum Gasteiger partial charge on any atom is 0.196 e. The topological polar surface area (TPSA) is 54.2 Å². The fourth-order valence-corrected chi connectivity index (χ4v) is 2.91. The van der Waals surface area contributed by atoms with Gasteiger partial charge in [0.2, 0.25) is 0 Å². The molecule has 0 aliphatic carbocycles. The van der Waals surface area contributed by atoms with Crippen LogP contribution in [0.25, 0.3) is 0 Å². The third kappa shape index (κ3) is 4.97. The van der Waals surface area contributed by atoms with E-state index < -0.39 is 0 Å². The Balaban J connectivity index is 1.76. The van der Waals surface area contributed by atoms with Crippen LogP contribution in [-0.2, 0) is 20.1 Å². The van der Waals surface area contributed by atoms with Crippen molar-refractivity contribution in [3.63, 3.8) is 0 Å². The van der Waals surface area contributed by atoms with Crippen molar-refractivity contribution in [2.24, 2.45) is 12.0 Å². The van der Waals surface area contributed by atoms with Crippen molar-refractivity contribution in [3.05, 3.63) is 82.7 Å². The highest BCUT2D eigenvalue weighted by atomic mass is 15.3. The highest BCUT2D eigenvalue weighted by Crippen LogP contribution is 2.12. The third-order valence-electron chi connectivity index (χ3n) is 4.67. The minimum atomic E-state index is 0.619. The molecule has 0 atom stereocenters. The Kier molecular flexibility index (Phi) is 5.91. The zero-order valence-corrected chi connectivity index (χ0v) is 16.5. The molecule has 0 amide bonds. The van der Waals surface area contributed by atoms with Gasteiger partial charge in [-0.25, -0.2) is 4.99 Å². The summed E-state index contributed by atoms with van der Waals surface area (Å²) in [7, 11) is 1.97. The van der Waals surface area contributed by atoms with Crippen LogP contribution in [0, 0.1) is 20.8 Å². The van der Waals surface area contributed by atoms with Crippen molar-refractivity contribution in [2.75, 3.05) is 5.32 Å². The second kappa shape index (κ2) is 8.54. The number of benzene rings is 2. The molecular formula is C22H27N5. The lowest BCUT2D eigenvalue weighted by Crippen LogP contribution is -2.30. The maximum absolute atomic E-state index is 4.77. The predicted molar refractivity (Wildman–Crippen MR) is 112 cm³/mol. The summed E-state index contributed by atoms with van der Waals surface area (Å²) >= 11 is 0. The van der Waals surface area contributed by atoms with E-state index in [4.69, 9.17) is 4.99 Å². The van der Waals surface area contributed by atoms with E-state index in [1.807, 2.05) is 49.0 Å². The van der Waals surface area contributed by atoms with Crippen LogP contribution in [0.4, 0.5) is 5.69 Å². The van der Waals surface area contributed by atoms with Gasteiger partial charge < -0.3 is 10.6 Å². The van der Waals surface area contributed by atoms with Crippen LogP contribution in [0.3, 0.4) is 0 Å². The summed E-state index contributed by atoms with van der Waals surface area (Å²) < 4.78 is 1.92. The minimum absolute atomic E-state index is 0.619. The molecule has 0 radical (unpaired) electrons. The minimum Gasteiger partial charge on any atom is -0.352 e. The molecular weight excluding hydrogens is 334 g/mol. The lowest BCUT2D eigenvalue weighted by atomic mass is 10.1. The van der Waals surface area contributed by atoms with E-state index in [1.54, 1.807) is 0 Å². The second-order valence-electron chi connectivity index (χ2n) is 6.77. The first kappa shape index (κ1) is 18.7. The van der Waals surface area contributed by atoms with E-state index in [0.717, 1.165) is 23.0 Å². The quantitative estimate of drug-likeness (QED) is 0.531. The van der Waals surface area contributed by atoms with Crippen LogP contribution < -0.4 is 10.6 Å². The van der Waals surface area contributed by atoms with Crippen LogP contribution in [0.2, 0.25) is 0 Å². The largest absolute Gasteiger partial charge is 0.352 e. The van der Waals surface area contributed by atoms with Crippen molar-refractivity contribution in [1.82, 2.24) is 15.1 Å². The molecule has 0 aliphatic rings. The molecule has 27 heavy (non-hydrogen) atoms. The number of guanidine groups is 1. The number of nitrogens with one attached hydrogen (secondary N) is 2. The summed E-state index contributed by atoms with van der Waals surface area (Å²) in [5.74, 6) is 0.754. The Morgan fingerprint density at radius 2 is 1.70 bits per heavy atom. The number of para-hydroxylation sites is 1. The van der Waals surface area contributed by atoms with Crippen molar-refractivity contribution >= 4 is 11.6 Å². The molecule has 0 spiro atoms. The molecule has 0 saturated heterocycles. The zero-order valence-electron chi connectivity index (χ0n) is 16.5. The highest BCUT2D eigenvalue weighted by Gasteiger charge is 2.10. The summed E-state index contributed by atoms with van der Waals surface area (Å²) in [4.78, 5) is 4.77. The Morgan fingerprint density at radius 3 is 2.33 bits per heavy atom. The average molecular weight is 361 g/mol. The van der Waals surface area contributed by atoms with Gasteiger partial charge in [0.15, 0.2) is 5.96 Å². The van der Waals surface area contributed by atoms with Gasteiger partial charge in [-0.2, -0.15) is 5.10 Å². The maximum atomic E-state index is 4.77. The molecule has 0 unspecified atom stereocenters. The van der Waals surface area contributed by atoms with E-state index in [1.165, 1.54) is 16.7 Å². The van der Waals surface area contributed by atoms with E-state index in [-0.39, 0.29) is 0 Å². The van der Waals surface area contributed by atoms with E-state index >= 15 is 0 Å². The number of anilines is 1. The molecule has 1 aromatic heterocycles. The number of aromatic nitrogens is 2. The van der Waals surface area contributed by atoms with Crippen molar-refractivity contribution in [1.29, 1.82) is 0 Å². The first-order valence-corrected chi connectivity index (χ1v) is 9.18. The molecule has 140 valence electrons. The molecule has 2 N–H and O–H groups in total. The Labute approximate surface area is 161 Å². The SMILES string of the molecule is Cc1ccc(CN=C(NCc2c(C)nn(C)c2C)Nc2ccccc2)cc1. The normalized spacial score (nSPS) is 11.5. The Bertz CT molecular complexity index is 908. The highest BCUT2D eigenvalue weighted by molar-refractivity contribution is 5.93. The summed E-state index contributed by atoms with van der Waals surface area (Å²) in [5, 5.41) is 11.3. The second-order valence-corrected chi connectivity index (χ2v) is 6.77. The van der Waals surface area contributed by atoms with Crippen molar-refractivity contribution in [2.45, 2.75) is 33.9 Å². The van der Waals surface area contributed by atoms with Crippen LogP contribution in [0.15, 0.2) is 59.6 Å². The van der Waals surface area contributed by atoms with Gasteiger partial charge in [0.1, 0.15) is 0 Å². The smallest absolute Gasteiger partial charge is 0.196 e. The first-order valence-electron chi connectivity index (χ1n) is 9.18. The van der Waals surface area contributed by atoms with Gasteiger partial charge in [-0.15, -0.1) is 0 Å². The van der Waals surface area contributed by atoms with Crippen molar-refractivity contribution in [3.8, 4) is 0 Å².